The third-order valence-corrected chi connectivity index (χ3v) is 22.1. The number of amides is 2. The summed E-state index contributed by atoms with van der Waals surface area (Å²) in [6.07, 6.45) is 6.79. The highest BCUT2D eigenvalue weighted by molar-refractivity contribution is 7.26. The van der Waals surface area contributed by atoms with Crippen molar-refractivity contribution < 1.29 is 68.4 Å². The molecule has 17 heteroatoms. The smallest absolute Gasteiger partial charge is 0.316 e. The number of fused-ring (bicyclic) bond motifs is 7. The highest BCUT2D eigenvalue weighted by atomic mass is 32.1. The van der Waals surface area contributed by atoms with Crippen LogP contribution in [0.4, 0.5) is 5.69 Å². The molecule has 0 saturated heterocycles. The number of nitrogens with one attached hydrogen (secondary N) is 2. The lowest BCUT2D eigenvalue weighted by Crippen LogP contribution is -2.29. The maximum Gasteiger partial charge on any atom is 0.316 e. The molecule has 125 heavy (non-hydrogen) atoms. The normalized spacial score (nSPS) is 11.4. The van der Waals surface area contributed by atoms with Gasteiger partial charge in [-0.3, -0.25) is 19.2 Å². The summed E-state index contributed by atoms with van der Waals surface area (Å²) in [5, 5.41) is 57.9. The minimum Gasteiger partial charge on any atom is -0.456 e. The van der Waals surface area contributed by atoms with Gasteiger partial charge in [-0.05, 0) is 192 Å². The highest BCUT2D eigenvalue weighted by Crippen LogP contribution is 2.39. The molecule has 2 amide bonds. The molecule has 5 unspecified atom stereocenters. The molecule has 0 aliphatic carbocycles. The molecule has 2 heterocycles. The summed E-state index contributed by atoms with van der Waals surface area (Å²) in [5.41, 5.74) is 9.47. The predicted molar refractivity (Wildman–Crippen MR) is 532 cm³/mol. The molecule has 0 aliphatic heterocycles. The third-order valence-electron chi connectivity index (χ3n) is 20.9. The summed E-state index contributed by atoms with van der Waals surface area (Å²) < 4.78 is 24.8. The van der Waals surface area contributed by atoms with E-state index in [0.29, 0.717) is 36.5 Å². The molecule has 16 nitrogen and oxygen atoms in total. The summed E-state index contributed by atoms with van der Waals surface area (Å²) >= 11 is 1.93. The van der Waals surface area contributed by atoms with Crippen LogP contribution in [0, 0.1) is 41.9 Å². The Kier molecular flexibility index (Phi) is 62.3. The van der Waals surface area contributed by atoms with Crippen LogP contribution in [-0.4, -0.2) is 103 Å². The van der Waals surface area contributed by atoms with Crippen LogP contribution < -0.4 is 20.1 Å². The number of ether oxygens (including phenoxy) is 3. The fourth-order valence-electron chi connectivity index (χ4n) is 11.2. The first-order valence-electron chi connectivity index (χ1n) is 44.1. The monoisotopic (exact) mass is 1740 g/mol. The van der Waals surface area contributed by atoms with Crippen LogP contribution in [-0.2, 0) is 36.9 Å². The van der Waals surface area contributed by atoms with Crippen molar-refractivity contribution in [1.82, 2.24) is 5.32 Å². The van der Waals surface area contributed by atoms with Gasteiger partial charge in [0.25, 0.3) is 0 Å². The molecule has 0 fully saturated rings. The van der Waals surface area contributed by atoms with E-state index in [-0.39, 0.29) is 41.0 Å². The van der Waals surface area contributed by atoms with Crippen molar-refractivity contribution in [2.45, 2.75) is 235 Å². The van der Waals surface area contributed by atoms with E-state index in [9.17, 15) is 24.3 Å². The van der Waals surface area contributed by atoms with Crippen LogP contribution >= 0.6 is 11.3 Å². The number of hydrogen-bond acceptors (Lipinski definition) is 15. The van der Waals surface area contributed by atoms with E-state index in [0.717, 1.165) is 108 Å². The molecule has 12 aromatic rings. The average molecular weight is 1740 g/mol. The van der Waals surface area contributed by atoms with E-state index in [1.165, 1.54) is 70.7 Å². The summed E-state index contributed by atoms with van der Waals surface area (Å²) in [7, 11) is 5.00. The van der Waals surface area contributed by atoms with Gasteiger partial charge in [0.1, 0.15) is 22.7 Å². The lowest BCUT2D eigenvalue weighted by molar-refractivity contribution is -0.144. The number of thiophene rings is 1. The topological polar surface area (TPSA) is 255 Å². The Morgan fingerprint density at radius 3 is 1.43 bits per heavy atom. The van der Waals surface area contributed by atoms with Crippen LogP contribution in [0.3, 0.4) is 0 Å². The first-order chi connectivity index (χ1) is 60.0. The second-order valence-electron chi connectivity index (χ2n) is 30.8. The van der Waals surface area contributed by atoms with Crippen LogP contribution in [0.15, 0.2) is 241 Å². The third kappa shape index (κ3) is 41.8. The molecule has 0 radical (unpaired) electrons. The number of furan rings is 1. The van der Waals surface area contributed by atoms with Gasteiger partial charge in [-0.2, -0.15) is 0 Å². The van der Waals surface area contributed by atoms with Crippen LogP contribution in [0.5, 0.6) is 11.5 Å². The van der Waals surface area contributed by atoms with Crippen molar-refractivity contribution in [1.29, 1.82) is 0 Å². The SMILES string of the molecule is CC.CC.CCC(C)(C)C(=O)Nc1ccccc1.CCC(C)(C)C(=O)Oc1ccc2ccccc2c1.CCC(C)(C)C(=O)Oc1ccccc1.CCC(C)C(=O)NCc1cc(C)cc(C)c1.CCC(C)C(O)OCCc1ccccc1.CCC(C)c1ccc2c(c1)oc1ccccc12.CCC(C)c1cccc2c1sc1ccccc12.CO.CO.CO.CO.CO. The van der Waals surface area contributed by atoms with Gasteiger partial charge < -0.3 is 59.9 Å². The Hall–Kier alpha value is -9.92. The lowest BCUT2D eigenvalue weighted by atomic mass is 9.89. The molecule has 0 bridgehead atoms. The van der Waals surface area contributed by atoms with E-state index in [1.807, 2.05) is 243 Å². The molecule has 5 atom stereocenters. The zero-order valence-corrected chi connectivity index (χ0v) is 81.6. The van der Waals surface area contributed by atoms with Gasteiger partial charge in [0, 0.05) is 96.0 Å². The van der Waals surface area contributed by atoms with Crippen LogP contribution in [0.1, 0.15) is 236 Å². The van der Waals surface area contributed by atoms with Crippen molar-refractivity contribution in [2.24, 2.45) is 28.1 Å². The summed E-state index contributed by atoms with van der Waals surface area (Å²) in [6.45, 7) is 47.9. The number of hydrogen-bond donors (Lipinski definition) is 8. The van der Waals surface area contributed by atoms with Gasteiger partial charge in [-0.1, -0.05) is 311 Å². The van der Waals surface area contributed by atoms with Gasteiger partial charge in [-0.15, -0.1) is 11.3 Å². The van der Waals surface area contributed by atoms with Gasteiger partial charge in [0.05, 0.1) is 17.4 Å². The Labute approximate surface area is 755 Å². The van der Waals surface area contributed by atoms with Crippen molar-refractivity contribution in [3.63, 3.8) is 0 Å². The average Bonchev–Trinajstić information content (AvgIpc) is 1.63. The van der Waals surface area contributed by atoms with E-state index in [4.69, 9.17) is 44.2 Å². The molecule has 0 spiro atoms. The Morgan fingerprint density at radius 1 is 0.432 bits per heavy atom. The Morgan fingerprint density at radius 2 is 0.904 bits per heavy atom. The molecular formula is C108H156N2O14S. The molecule has 0 aliphatic rings. The predicted octanol–water partition coefficient (Wildman–Crippen LogP) is 26.6. The molecule has 12 rings (SSSR count). The van der Waals surface area contributed by atoms with Crippen molar-refractivity contribution in [3.05, 3.63) is 270 Å². The number of rotatable bonds is 23. The van der Waals surface area contributed by atoms with Crippen molar-refractivity contribution >= 4 is 93.7 Å². The summed E-state index contributed by atoms with van der Waals surface area (Å²) in [5.74, 6) is 2.63. The second-order valence-corrected chi connectivity index (χ2v) is 31.9. The van der Waals surface area contributed by atoms with Crippen molar-refractivity contribution in [2.75, 3.05) is 47.5 Å². The van der Waals surface area contributed by atoms with Crippen LogP contribution in [0.2, 0.25) is 0 Å². The molecule has 8 N–H and O–H groups in total. The van der Waals surface area contributed by atoms with Gasteiger partial charge in [0.15, 0.2) is 6.29 Å². The molecular weight excluding hydrogens is 1580 g/mol. The van der Waals surface area contributed by atoms with Gasteiger partial charge in [0.2, 0.25) is 11.8 Å². The standard InChI is InChI=1S/C16H18O2.C16H16O.C16H16S.C14H21NO.C13H20O2.C12H17NO.C12H16O2.2C2H6.5CH4O/c1-4-16(2,3)15(17)18-14-10-9-12-7-5-6-8-13(12)11-14;1-3-11(2)12-8-9-14-13-6-4-5-7-15(13)17-16(14)10-12;1-3-11(2)12-8-6-9-14-13-7-4-5-10-15(13)17-16(12)14;1-5-12(4)14(16)15-9-13-7-10(2)6-11(3)8-13;1-3-11(2)13(14)15-10-9-12-7-5-4-6-8-12;1-4-12(2,3)11(14)13-10-8-6-5-7-9-10;1-4-12(2,3)11(13)14-10-8-6-5-7-9-10;7*1-2/h5-11H,4H2,1-3H3;2*4-11H,3H2,1-2H3;6-8,12H,5,9H2,1-4H3,(H,15,16);4-8,11,13-14H,3,9-10H2,1-2H3;5-9H,4H2,1-3H3,(H,13,14);5-9H,4H2,1-3H3;2*1-2H3;5*2H,1H3. The second kappa shape index (κ2) is 66.5. The number of esters is 2. The number of benzene rings is 10. The number of carbonyl (C=O) groups is 4. The largest absolute Gasteiger partial charge is 0.456 e. The molecule has 0 saturated carbocycles. The number of aliphatic hydroxyl groups excluding tert-OH is 6. The van der Waals surface area contributed by atoms with Gasteiger partial charge >= 0.3 is 11.9 Å². The fraction of sp³-hybridized carbons (Fsp3) is 0.426. The molecule has 2 aromatic heterocycles. The summed E-state index contributed by atoms with van der Waals surface area (Å²) in [6, 6.07) is 79.2. The zero-order valence-electron chi connectivity index (χ0n) is 80.8. The Bertz CT molecular complexity index is 4740. The number of para-hydroxylation sites is 3. The van der Waals surface area contributed by atoms with Gasteiger partial charge in [-0.25, -0.2) is 0 Å². The lowest BCUT2D eigenvalue weighted by Gasteiger charge is -2.21. The fourth-order valence-corrected chi connectivity index (χ4v) is 12.5. The minimum absolute atomic E-state index is 0.0752. The Balaban J connectivity index is 0. The molecule has 688 valence electrons. The van der Waals surface area contributed by atoms with E-state index < -0.39 is 17.1 Å². The first-order valence-corrected chi connectivity index (χ1v) is 44.9. The van der Waals surface area contributed by atoms with E-state index >= 15 is 0 Å². The minimum atomic E-state index is -0.626. The number of carbonyl (C=O) groups excluding carboxylic acids is 4. The first kappa shape index (κ1) is 117. The summed E-state index contributed by atoms with van der Waals surface area (Å²) in [4.78, 5) is 47.0. The molecule has 10 aromatic carbocycles. The van der Waals surface area contributed by atoms with Crippen LogP contribution in [0.25, 0.3) is 52.9 Å². The maximum atomic E-state index is 12.0. The maximum absolute atomic E-state index is 12.0. The number of aryl methyl sites for hydroxylation is 2. The quantitative estimate of drug-likeness (QED) is 0.0168. The number of anilines is 1. The van der Waals surface area contributed by atoms with Crippen molar-refractivity contribution in [3.8, 4) is 11.5 Å². The number of aliphatic hydroxyl groups is 6. The van der Waals surface area contributed by atoms with E-state index in [2.05, 4.69) is 162 Å². The zero-order chi connectivity index (χ0) is 95.3. The van der Waals surface area contributed by atoms with E-state index in [1.54, 1.807) is 12.1 Å². The highest BCUT2D eigenvalue weighted by Gasteiger charge is 2.29.